The maximum Gasteiger partial charge on any atom is 0.401 e. The second-order valence-corrected chi connectivity index (χ2v) is 3.86. The quantitative estimate of drug-likeness (QED) is 0.714. The van der Waals surface area contributed by atoms with Crippen LogP contribution in [0.25, 0.3) is 0 Å². The average molecular weight is 195 g/mol. The molecule has 4 heteroatoms. The molecule has 0 spiro atoms. The van der Waals surface area contributed by atoms with Gasteiger partial charge in [-0.15, -0.1) is 0 Å². The van der Waals surface area contributed by atoms with Crippen LogP contribution in [0.3, 0.4) is 0 Å². The smallest absolute Gasteiger partial charge is 0.306 e. The lowest BCUT2D eigenvalue weighted by Crippen LogP contribution is -2.42. The SMILES string of the molecule is CC1CCCCC1NCC(F)(F)F. The van der Waals surface area contributed by atoms with Crippen molar-refractivity contribution in [2.45, 2.75) is 44.8 Å². The average Bonchev–Trinajstić information content (AvgIpc) is 2.01. The molecule has 0 aliphatic heterocycles. The maximum absolute atomic E-state index is 11.9. The molecule has 0 aromatic carbocycles. The highest BCUT2D eigenvalue weighted by Gasteiger charge is 2.30. The van der Waals surface area contributed by atoms with E-state index >= 15 is 0 Å². The minimum atomic E-state index is -4.07. The van der Waals surface area contributed by atoms with Crippen LogP contribution < -0.4 is 5.32 Å². The fourth-order valence-electron chi connectivity index (χ4n) is 1.87. The minimum Gasteiger partial charge on any atom is -0.306 e. The minimum absolute atomic E-state index is 0.0652. The Balaban J connectivity index is 2.27. The predicted molar refractivity (Wildman–Crippen MR) is 45.5 cm³/mol. The van der Waals surface area contributed by atoms with Crippen LogP contribution in [0.2, 0.25) is 0 Å². The van der Waals surface area contributed by atoms with Crippen molar-refractivity contribution in [3.05, 3.63) is 0 Å². The Morgan fingerprint density at radius 2 is 1.85 bits per heavy atom. The first kappa shape index (κ1) is 10.8. The molecule has 0 aromatic heterocycles. The summed E-state index contributed by atoms with van der Waals surface area (Å²) in [5.41, 5.74) is 0. The summed E-state index contributed by atoms with van der Waals surface area (Å²) in [7, 11) is 0. The van der Waals surface area contributed by atoms with Crippen molar-refractivity contribution in [3.63, 3.8) is 0 Å². The van der Waals surface area contributed by atoms with E-state index in [4.69, 9.17) is 0 Å². The molecule has 1 aliphatic carbocycles. The van der Waals surface area contributed by atoms with Crippen molar-refractivity contribution < 1.29 is 13.2 Å². The molecule has 0 bridgehead atoms. The lowest BCUT2D eigenvalue weighted by molar-refractivity contribution is -0.127. The zero-order valence-corrected chi connectivity index (χ0v) is 7.82. The van der Waals surface area contributed by atoms with Gasteiger partial charge in [-0.25, -0.2) is 0 Å². The van der Waals surface area contributed by atoms with Gasteiger partial charge in [0, 0.05) is 6.04 Å². The van der Waals surface area contributed by atoms with Gasteiger partial charge in [0.05, 0.1) is 6.54 Å². The number of hydrogen-bond donors (Lipinski definition) is 1. The van der Waals surface area contributed by atoms with Gasteiger partial charge >= 0.3 is 6.18 Å². The van der Waals surface area contributed by atoms with Crippen molar-refractivity contribution in [3.8, 4) is 0 Å². The van der Waals surface area contributed by atoms with E-state index in [9.17, 15) is 13.2 Å². The molecule has 0 saturated heterocycles. The van der Waals surface area contributed by atoms with Crippen LogP contribution in [0.1, 0.15) is 32.6 Å². The molecule has 0 heterocycles. The number of rotatable bonds is 2. The van der Waals surface area contributed by atoms with Crippen LogP contribution in [0.5, 0.6) is 0 Å². The van der Waals surface area contributed by atoms with E-state index in [2.05, 4.69) is 5.32 Å². The summed E-state index contributed by atoms with van der Waals surface area (Å²) in [5, 5.41) is 2.59. The van der Waals surface area contributed by atoms with Gasteiger partial charge in [0.25, 0.3) is 0 Å². The molecule has 13 heavy (non-hydrogen) atoms. The highest BCUT2D eigenvalue weighted by atomic mass is 19.4. The molecule has 0 radical (unpaired) electrons. The Labute approximate surface area is 76.7 Å². The lowest BCUT2D eigenvalue weighted by atomic mass is 9.86. The highest BCUT2D eigenvalue weighted by Crippen LogP contribution is 2.24. The van der Waals surface area contributed by atoms with E-state index in [1.54, 1.807) is 0 Å². The summed E-state index contributed by atoms with van der Waals surface area (Å²) >= 11 is 0. The normalized spacial score (nSPS) is 30.5. The van der Waals surface area contributed by atoms with Gasteiger partial charge in [-0.3, -0.25) is 0 Å². The van der Waals surface area contributed by atoms with Gasteiger partial charge in [0.2, 0.25) is 0 Å². The second-order valence-electron chi connectivity index (χ2n) is 3.86. The Morgan fingerprint density at radius 3 is 2.38 bits per heavy atom. The first-order valence-electron chi connectivity index (χ1n) is 4.79. The first-order valence-corrected chi connectivity index (χ1v) is 4.79. The highest BCUT2D eigenvalue weighted by molar-refractivity contribution is 4.78. The van der Waals surface area contributed by atoms with Crippen LogP contribution in [-0.2, 0) is 0 Å². The van der Waals surface area contributed by atoms with Crippen LogP contribution in [0, 0.1) is 5.92 Å². The molecule has 1 aliphatic rings. The Bertz CT molecular complexity index is 155. The Hall–Kier alpha value is -0.250. The molecule has 78 valence electrons. The number of nitrogens with one attached hydrogen (secondary N) is 1. The third kappa shape index (κ3) is 3.98. The van der Waals surface area contributed by atoms with Gasteiger partial charge in [-0.1, -0.05) is 19.8 Å². The molecule has 1 nitrogen and oxygen atoms in total. The molecule has 0 amide bonds. The largest absolute Gasteiger partial charge is 0.401 e. The van der Waals surface area contributed by atoms with Crippen molar-refractivity contribution in [1.82, 2.24) is 5.32 Å². The van der Waals surface area contributed by atoms with E-state index in [0.717, 1.165) is 25.7 Å². The van der Waals surface area contributed by atoms with Crippen LogP contribution in [0.4, 0.5) is 13.2 Å². The van der Waals surface area contributed by atoms with Crippen molar-refractivity contribution in [2.24, 2.45) is 5.92 Å². The molecular formula is C9H16F3N. The van der Waals surface area contributed by atoms with Gasteiger partial charge in [-0.2, -0.15) is 13.2 Å². The van der Waals surface area contributed by atoms with E-state index in [1.807, 2.05) is 6.92 Å². The van der Waals surface area contributed by atoms with Crippen LogP contribution in [-0.4, -0.2) is 18.8 Å². The van der Waals surface area contributed by atoms with E-state index in [1.165, 1.54) is 0 Å². The topological polar surface area (TPSA) is 12.0 Å². The summed E-state index contributed by atoms with van der Waals surface area (Å²) in [6.45, 7) is 1.18. The summed E-state index contributed by atoms with van der Waals surface area (Å²) < 4.78 is 35.6. The number of alkyl halides is 3. The van der Waals surface area contributed by atoms with Gasteiger partial charge in [0.15, 0.2) is 0 Å². The molecular weight excluding hydrogens is 179 g/mol. The van der Waals surface area contributed by atoms with E-state index in [-0.39, 0.29) is 6.04 Å². The fraction of sp³-hybridized carbons (Fsp3) is 1.00. The molecule has 1 N–H and O–H groups in total. The zero-order chi connectivity index (χ0) is 9.90. The van der Waals surface area contributed by atoms with Crippen molar-refractivity contribution in [1.29, 1.82) is 0 Å². The predicted octanol–water partition coefficient (Wildman–Crippen LogP) is 2.72. The van der Waals surface area contributed by atoms with E-state index in [0.29, 0.717) is 5.92 Å². The summed E-state index contributed by atoms with van der Waals surface area (Å²) in [5.74, 6) is 0.385. The van der Waals surface area contributed by atoms with E-state index < -0.39 is 12.7 Å². The molecule has 2 unspecified atom stereocenters. The maximum atomic E-state index is 11.9. The number of hydrogen-bond acceptors (Lipinski definition) is 1. The molecule has 1 saturated carbocycles. The first-order chi connectivity index (χ1) is 5.99. The molecule has 1 fully saturated rings. The molecule has 2 atom stereocenters. The van der Waals surface area contributed by atoms with Gasteiger partial charge in [-0.05, 0) is 18.8 Å². The molecule has 1 rings (SSSR count). The zero-order valence-electron chi connectivity index (χ0n) is 7.82. The Morgan fingerprint density at radius 1 is 1.23 bits per heavy atom. The lowest BCUT2D eigenvalue weighted by Gasteiger charge is -2.29. The third-order valence-electron chi connectivity index (χ3n) is 2.68. The summed E-state index contributed by atoms with van der Waals surface area (Å²) in [6.07, 6.45) is 0.0785. The van der Waals surface area contributed by atoms with Crippen LogP contribution >= 0.6 is 0 Å². The molecule has 0 aromatic rings. The van der Waals surface area contributed by atoms with Crippen molar-refractivity contribution >= 4 is 0 Å². The second kappa shape index (κ2) is 4.31. The summed E-state index contributed by atoms with van der Waals surface area (Å²) in [6, 6.07) is 0.0652. The standard InChI is InChI=1S/C9H16F3N/c1-7-4-2-3-5-8(7)13-6-9(10,11)12/h7-8,13H,2-6H2,1H3. The monoisotopic (exact) mass is 195 g/mol. The van der Waals surface area contributed by atoms with Crippen LogP contribution in [0.15, 0.2) is 0 Å². The summed E-state index contributed by atoms with van der Waals surface area (Å²) in [4.78, 5) is 0. The van der Waals surface area contributed by atoms with Gasteiger partial charge < -0.3 is 5.32 Å². The third-order valence-corrected chi connectivity index (χ3v) is 2.68. The van der Waals surface area contributed by atoms with Crippen molar-refractivity contribution in [2.75, 3.05) is 6.54 Å². The van der Waals surface area contributed by atoms with Gasteiger partial charge in [0.1, 0.15) is 0 Å². The number of halogens is 3. The Kier molecular flexibility index (Phi) is 3.59. The fourth-order valence-corrected chi connectivity index (χ4v) is 1.87.